The Hall–Kier alpha value is -2.96. The summed E-state index contributed by atoms with van der Waals surface area (Å²) in [5, 5.41) is 3.24. The van der Waals surface area contributed by atoms with Gasteiger partial charge in [-0.3, -0.25) is 9.78 Å². The molecule has 6 nitrogen and oxygen atoms in total. The number of hydrogen-bond acceptors (Lipinski definition) is 5. The second kappa shape index (κ2) is 8.62. The van der Waals surface area contributed by atoms with Crippen LogP contribution in [0.5, 0.6) is 0 Å². The SMILES string of the molecule is O=C(COC(=O)/C=C/c1cnc2ccccc2n1)Nc1ccc(Cl)c(Cl)c1. The predicted molar refractivity (Wildman–Crippen MR) is 105 cm³/mol. The highest BCUT2D eigenvalue weighted by atomic mass is 35.5. The van der Waals surface area contributed by atoms with E-state index in [-0.39, 0.29) is 0 Å². The summed E-state index contributed by atoms with van der Waals surface area (Å²) in [6, 6.07) is 12.0. The van der Waals surface area contributed by atoms with Gasteiger partial charge in [-0.1, -0.05) is 35.3 Å². The first-order chi connectivity index (χ1) is 13.0. The molecular formula is C19H13Cl2N3O3. The number of para-hydroxylation sites is 2. The van der Waals surface area contributed by atoms with Gasteiger partial charge < -0.3 is 10.1 Å². The molecule has 0 unspecified atom stereocenters. The molecule has 0 aliphatic rings. The third-order valence-corrected chi connectivity index (χ3v) is 4.15. The highest BCUT2D eigenvalue weighted by molar-refractivity contribution is 6.42. The minimum absolute atomic E-state index is 0.311. The Morgan fingerprint density at radius 1 is 1.07 bits per heavy atom. The molecule has 0 saturated carbocycles. The molecule has 0 radical (unpaired) electrons. The fraction of sp³-hybridized carbons (Fsp3) is 0.0526. The van der Waals surface area contributed by atoms with Crippen molar-refractivity contribution >= 4 is 57.9 Å². The van der Waals surface area contributed by atoms with Crippen molar-refractivity contribution in [2.75, 3.05) is 11.9 Å². The van der Waals surface area contributed by atoms with Crippen molar-refractivity contribution in [2.24, 2.45) is 0 Å². The van der Waals surface area contributed by atoms with Gasteiger partial charge in [0.15, 0.2) is 6.61 Å². The summed E-state index contributed by atoms with van der Waals surface area (Å²) in [5.41, 5.74) is 2.43. The number of carbonyl (C=O) groups excluding carboxylic acids is 2. The molecule has 1 aromatic heterocycles. The first kappa shape index (κ1) is 18.8. The Kier molecular flexibility index (Phi) is 6.01. The third kappa shape index (κ3) is 5.26. The van der Waals surface area contributed by atoms with Gasteiger partial charge in [0.25, 0.3) is 5.91 Å². The van der Waals surface area contributed by atoms with Gasteiger partial charge in [0.05, 0.1) is 33.0 Å². The topological polar surface area (TPSA) is 81.2 Å². The van der Waals surface area contributed by atoms with Crippen LogP contribution in [0.4, 0.5) is 5.69 Å². The van der Waals surface area contributed by atoms with Crippen LogP contribution in [0.2, 0.25) is 10.0 Å². The van der Waals surface area contributed by atoms with Crippen LogP contribution in [-0.2, 0) is 14.3 Å². The van der Waals surface area contributed by atoms with Crippen molar-refractivity contribution in [3.63, 3.8) is 0 Å². The van der Waals surface area contributed by atoms with Crippen LogP contribution in [0.3, 0.4) is 0 Å². The van der Waals surface area contributed by atoms with E-state index in [1.54, 1.807) is 18.3 Å². The van der Waals surface area contributed by atoms with Gasteiger partial charge in [0, 0.05) is 11.8 Å². The number of halogens is 2. The standard InChI is InChI=1S/C19H13Cl2N3O3/c20-14-7-5-12(9-15(14)21)24-18(25)11-27-19(26)8-6-13-10-22-16-3-1-2-4-17(16)23-13/h1-10H,11H2,(H,24,25)/b8-6+. The zero-order valence-corrected chi connectivity index (χ0v) is 15.4. The molecule has 0 aliphatic carbocycles. The van der Waals surface area contributed by atoms with Gasteiger partial charge in [-0.05, 0) is 36.4 Å². The Morgan fingerprint density at radius 2 is 1.85 bits per heavy atom. The number of ether oxygens (including phenoxy) is 1. The van der Waals surface area contributed by atoms with Crippen LogP contribution in [0.1, 0.15) is 5.69 Å². The molecule has 2 aromatic carbocycles. The first-order valence-corrected chi connectivity index (χ1v) is 8.58. The average molecular weight is 402 g/mol. The lowest BCUT2D eigenvalue weighted by molar-refractivity contribution is -0.142. The molecule has 136 valence electrons. The average Bonchev–Trinajstić information content (AvgIpc) is 2.67. The summed E-state index contributed by atoms with van der Waals surface area (Å²) in [5.74, 6) is -1.17. The van der Waals surface area contributed by atoms with Gasteiger partial charge in [-0.15, -0.1) is 0 Å². The maximum absolute atomic E-state index is 11.8. The van der Waals surface area contributed by atoms with Crippen molar-refractivity contribution in [1.29, 1.82) is 0 Å². The van der Waals surface area contributed by atoms with Crippen LogP contribution in [0.25, 0.3) is 17.1 Å². The highest BCUT2D eigenvalue weighted by Crippen LogP contribution is 2.24. The fourth-order valence-corrected chi connectivity index (χ4v) is 2.46. The largest absolute Gasteiger partial charge is 0.452 e. The van der Waals surface area contributed by atoms with Gasteiger partial charge >= 0.3 is 5.97 Å². The molecule has 0 aliphatic heterocycles. The molecule has 8 heteroatoms. The number of rotatable bonds is 5. The van der Waals surface area contributed by atoms with Crippen molar-refractivity contribution in [2.45, 2.75) is 0 Å². The molecule has 0 saturated heterocycles. The maximum atomic E-state index is 11.8. The van der Waals surface area contributed by atoms with E-state index in [9.17, 15) is 9.59 Å². The van der Waals surface area contributed by atoms with Crippen LogP contribution in [-0.4, -0.2) is 28.5 Å². The number of amides is 1. The van der Waals surface area contributed by atoms with Crippen molar-refractivity contribution in [3.05, 3.63) is 70.5 Å². The third-order valence-electron chi connectivity index (χ3n) is 3.41. The van der Waals surface area contributed by atoms with E-state index in [0.717, 1.165) is 5.52 Å². The molecule has 0 fully saturated rings. The number of carbonyl (C=O) groups is 2. The predicted octanol–water partition coefficient (Wildman–Crippen LogP) is 4.13. The zero-order valence-electron chi connectivity index (χ0n) is 13.9. The monoisotopic (exact) mass is 401 g/mol. The van der Waals surface area contributed by atoms with Crippen LogP contribution >= 0.6 is 23.2 Å². The molecule has 0 spiro atoms. The molecule has 1 amide bonds. The number of anilines is 1. The molecule has 0 atom stereocenters. The van der Waals surface area contributed by atoms with Crippen molar-refractivity contribution in [1.82, 2.24) is 9.97 Å². The van der Waals surface area contributed by atoms with Crippen LogP contribution in [0, 0.1) is 0 Å². The normalized spacial score (nSPS) is 10.9. The Morgan fingerprint density at radius 3 is 2.63 bits per heavy atom. The maximum Gasteiger partial charge on any atom is 0.331 e. The Labute approximate surface area is 164 Å². The van der Waals surface area contributed by atoms with E-state index in [2.05, 4.69) is 15.3 Å². The summed E-state index contributed by atoms with van der Waals surface area (Å²) in [6.45, 7) is -0.438. The lowest BCUT2D eigenvalue weighted by Gasteiger charge is -2.06. The fourth-order valence-electron chi connectivity index (χ4n) is 2.16. The smallest absolute Gasteiger partial charge is 0.331 e. The van der Waals surface area contributed by atoms with E-state index >= 15 is 0 Å². The minimum Gasteiger partial charge on any atom is -0.452 e. The number of esters is 1. The number of nitrogens with one attached hydrogen (secondary N) is 1. The van der Waals surface area contributed by atoms with Crippen LogP contribution < -0.4 is 5.32 Å². The van der Waals surface area contributed by atoms with Crippen molar-refractivity contribution < 1.29 is 14.3 Å². The number of aromatic nitrogens is 2. The number of benzene rings is 2. The zero-order chi connectivity index (χ0) is 19.2. The number of nitrogens with zero attached hydrogens (tertiary/aromatic N) is 2. The lowest BCUT2D eigenvalue weighted by atomic mass is 10.3. The van der Waals surface area contributed by atoms with Crippen LogP contribution in [0.15, 0.2) is 54.7 Å². The summed E-state index contributed by atoms with van der Waals surface area (Å²) < 4.78 is 4.89. The van der Waals surface area contributed by atoms with Gasteiger partial charge in [0.1, 0.15) is 0 Å². The second-order valence-electron chi connectivity index (χ2n) is 5.40. The highest BCUT2D eigenvalue weighted by Gasteiger charge is 2.07. The molecule has 1 heterocycles. The minimum atomic E-state index is -0.672. The van der Waals surface area contributed by atoms with E-state index in [0.29, 0.717) is 26.9 Å². The summed E-state index contributed by atoms with van der Waals surface area (Å²) in [6.07, 6.45) is 4.20. The summed E-state index contributed by atoms with van der Waals surface area (Å²) in [4.78, 5) is 32.2. The summed E-state index contributed by atoms with van der Waals surface area (Å²) >= 11 is 11.7. The Bertz CT molecular complexity index is 1040. The number of hydrogen-bond donors (Lipinski definition) is 1. The van der Waals surface area contributed by atoms with Gasteiger partial charge in [0.2, 0.25) is 0 Å². The van der Waals surface area contributed by atoms with Gasteiger partial charge in [-0.25, -0.2) is 9.78 Å². The molecule has 3 aromatic rings. The van der Waals surface area contributed by atoms with Crippen molar-refractivity contribution in [3.8, 4) is 0 Å². The molecule has 3 rings (SSSR count). The second-order valence-corrected chi connectivity index (χ2v) is 6.22. The molecular weight excluding hydrogens is 389 g/mol. The molecule has 27 heavy (non-hydrogen) atoms. The number of fused-ring (bicyclic) bond motifs is 1. The Balaban J connectivity index is 1.52. The molecule has 1 N–H and O–H groups in total. The quantitative estimate of drug-likeness (QED) is 0.513. The lowest BCUT2D eigenvalue weighted by Crippen LogP contribution is -2.20. The van der Waals surface area contributed by atoms with E-state index in [1.807, 2.05) is 24.3 Å². The van der Waals surface area contributed by atoms with Gasteiger partial charge in [-0.2, -0.15) is 0 Å². The van der Waals surface area contributed by atoms with E-state index in [1.165, 1.54) is 18.2 Å². The molecule has 0 bridgehead atoms. The summed E-state index contributed by atoms with van der Waals surface area (Å²) in [7, 11) is 0. The van der Waals surface area contributed by atoms with E-state index < -0.39 is 18.5 Å². The van der Waals surface area contributed by atoms with E-state index in [4.69, 9.17) is 27.9 Å². The first-order valence-electron chi connectivity index (χ1n) is 7.83.